The molecule has 6 nitrogen and oxygen atoms in total. The first kappa shape index (κ1) is 11.9. The topological polar surface area (TPSA) is 73.9 Å². The lowest BCUT2D eigenvalue weighted by Crippen LogP contribution is -2.41. The molecule has 94 valence electrons. The fourth-order valence-electron chi connectivity index (χ4n) is 2.10. The largest absolute Gasteiger partial charge is 0.335 e. The van der Waals surface area contributed by atoms with Gasteiger partial charge in [0.05, 0.1) is 6.54 Å². The third-order valence-corrected chi connectivity index (χ3v) is 3.05. The fraction of sp³-hybridized carbons (Fsp3) is 0.727. The van der Waals surface area contributed by atoms with Crippen molar-refractivity contribution >= 4 is 6.03 Å². The predicted molar refractivity (Wildman–Crippen MR) is 63.4 cm³/mol. The van der Waals surface area contributed by atoms with E-state index in [4.69, 9.17) is 0 Å². The van der Waals surface area contributed by atoms with E-state index in [0.29, 0.717) is 18.4 Å². The van der Waals surface area contributed by atoms with E-state index in [1.807, 2.05) is 6.92 Å². The standard InChI is InChI=1S/C11H19N5O/c1-8-12-10(15-14-8)7-16(2)11(17)13-9-5-3-4-6-9/h9H,3-7H2,1-2H3,(H,13,17)(H,12,14,15). The first-order valence-electron chi connectivity index (χ1n) is 6.04. The summed E-state index contributed by atoms with van der Waals surface area (Å²) in [7, 11) is 1.76. The van der Waals surface area contributed by atoms with Gasteiger partial charge in [-0.05, 0) is 19.8 Å². The van der Waals surface area contributed by atoms with Gasteiger partial charge in [0.1, 0.15) is 5.82 Å². The van der Waals surface area contributed by atoms with Gasteiger partial charge in [0, 0.05) is 13.1 Å². The Morgan fingerprint density at radius 3 is 2.82 bits per heavy atom. The molecule has 0 bridgehead atoms. The monoisotopic (exact) mass is 237 g/mol. The molecule has 6 heteroatoms. The maximum atomic E-state index is 11.9. The van der Waals surface area contributed by atoms with Crippen LogP contribution >= 0.6 is 0 Å². The van der Waals surface area contributed by atoms with Crippen LogP contribution in [0.2, 0.25) is 0 Å². The molecule has 2 N–H and O–H groups in total. The number of carbonyl (C=O) groups is 1. The molecule has 17 heavy (non-hydrogen) atoms. The molecule has 0 saturated heterocycles. The lowest BCUT2D eigenvalue weighted by molar-refractivity contribution is 0.201. The Balaban J connectivity index is 1.82. The van der Waals surface area contributed by atoms with Crippen LogP contribution in [0.3, 0.4) is 0 Å². The summed E-state index contributed by atoms with van der Waals surface area (Å²) in [6, 6.07) is 0.304. The van der Waals surface area contributed by atoms with Gasteiger partial charge in [-0.1, -0.05) is 12.8 Å². The summed E-state index contributed by atoms with van der Waals surface area (Å²) >= 11 is 0. The maximum Gasteiger partial charge on any atom is 0.317 e. The maximum absolute atomic E-state index is 11.9. The highest BCUT2D eigenvalue weighted by Crippen LogP contribution is 2.17. The number of carbonyl (C=O) groups excluding carboxylic acids is 1. The molecule has 0 aromatic carbocycles. The van der Waals surface area contributed by atoms with E-state index in [9.17, 15) is 4.79 Å². The third kappa shape index (κ3) is 3.18. The lowest BCUT2D eigenvalue weighted by Gasteiger charge is -2.19. The molecule has 1 heterocycles. The quantitative estimate of drug-likeness (QED) is 0.829. The molecule has 1 aromatic rings. The molecule has 0 unspecified atom stereocenters. The van der Waals surface area contributed by atoms with Crippen LogP contribution in [-0.2, 0) is 6.54 Å². The van der Waals surface area contributed by atoms with Crippen molar-refractivity contribution in [2.75, 3.05) is 7.05 Å². The van der Waals surface area contributed by atoms with Gasteiger partial charge >= 0.3 is 6.03 Å². The Kier molecular flexibility index (Phi) is 3.61. The number of urea groups is 1. The number of rotatable bonds is 3. The summed E-state index contributed by atoms with van der Waals surface area (Å²) in [6.45, 7) is 2.28. The molecule has 0 spiro atoms. The van der Waals surface area contributed by atoms with E-state index in [1.165, 1.54) is 12.8 Å². The second-order valence-electron chi connectivity index (χ2n) is 4.62. The minimum atomic E-state index is -0.0423. The van der Waals surface area contributed by atoms with Crippen molar-refractivity contribution in [2.24, 2.45) is 0 Å². The zero-order valence-corrected chi connectivity index (χ0v) is 10.4. The molecule has 2 amide bonds. The summed E-state index contributed by atoms with van der Waals surface area (Å²) in [5.74, 6) is 1.41. The number of aromatic nitrogens is 3. The van der Waals surface area contributed by atoms with Gasteiger partial charge in [-0.25, -0.2) is 9.78 Å². The Bertz CT molecular complexity index is 383. The first-order chi connectivity index (χ1) is 8.15. The number of hydrogen-bond donors (Lipinski definition) is 2. The number of hydrogen-bond acceptors (Lipinski definition) is 3. The second kappa shape index (κ2) is 5.16. The van der Waals surface area contributed by atoms with Crippen LogP contribution in [-0.4, -0.2) is 39.2 Å². The number of aromatic amines is 1. The average Bonchev–Trinajstić information content (AvgIpc) is 2.90. The molecule has 0 aliphatic heterocycles. The Morgan fingerprint density at radius 2 is 2.24 bits per heavy atom. The molecule has 1 fully saturated rings. The SMILES string of the molecule is Cc1nc(CN(C)C(=O)NC2CCCC2)n[nH]1. The molecule has 2 rings (SSSR count). The van der Waals surface area contributed by atoms with E-state index < -0.39 is 0 Å². The highest BCUT2D eigenvalue weighted by Gasteiger charge is 2.19. The molecule has 1 aromatic heterocycles. The van der Waals surface area contributed by atoms with E-state index >= 15 is 0 Å². The minimum Gasteiger partial charge on any atom is -0.335 e. The zero-order valence-electron chi connectivity index (χ0n) is 10.4. The normalized spacial score (nSPS) is 16.1. The summed E-state index contributed by atoms with van der Waals surface area (Å²) in [5.41, 5.74) is 0. The van der Waals surface area contributed by atoms with Gasteiger partial charge < -0.3 is 10.2 Å². The minimum absolute atomic E-state index is 0.0423. The number of amides is 2. The number of nitrogens with one attached hydrogen (secondary N) is 2. The Hall–Kier alpha value is -1.59. The van der Waals surface area contributed by atoms with Gasteiger partial charge in [0.25, 0.3) is 0 Å². The first-order valence-corrected chi connectivity index (χ1v) is 6.04. The van der Waals surface area contributed by atoms with E-state index in [-0.39, 0.29) is 6.03 Å². The van der Waals surface area contributed by atoms with Crippen molar-refractivity contribution < 1.29 is 4.79 Å². The molecule has 1 aliphatic rings. The van der Waals surface area contributed by atoms with Crippen LogP contribution in [0.25, 0.3) is 0 Å². The second-order valence-corrected chi connectivity index (χ2v) is 4.62. The molecule has 0 atom stereocenters. The number of H-pyrrole nitrogens is 1. The van der Waals surface area contributed by atoms with Gasteiger partial charge in [0.15, 0.2) is 5.82 Å². The van der Waals surface area contributed by atoms with Crippen LogP contribution < -0.4 is 5.32 Å². The molecular formula is C11H19N5O. The lowest BCUT2D eigenvalue weighted by atomic mass is 10.2. The average molecular weight is 237 g/mol. The molecular weight excluding hydrogens is 218 g/mol. The number of nitrogens with zero attached hydrogens (tertiary/aromatic N) is 3. The van der Waals surface area contributed by atoms with Crippen molar-refractivity contribution in [1.29, 1.82) is 0 Å². The Labute approximate surface area is 101 Å². The van der Waals surface area contributed by atoms with E-state index in [1.54, 1.807) is 11.9 Å². The Morgan fingerprint density at radius 1 is 1.53 bits per heavy atom. The van der Waals surface area contributed by atoms with Crippen LogP contribution in [0.15, 0.2) is 0 Å². The summed E-state index contributed by atoms with van der Waals surface area (Å²) in [4.78, 5) is 17.6. The van der Waals surface area contributed by atoms with Crippen molar-refractivity contribution in [2.45, 2.75) is 45.2 Å². The third-order valence-electron chi connectivity index (χ3n) is 3.05. The summed E-state index contributed by atoms with van der Waals surface area (Å²) in [6.07, 6.45) is 4.63. The summed E-state index contributed by atoms with van der Waals surface area (Å²) in [5, 5.41) is 9.81. The molecule has 1 aliphatic carbocycles. The zero-order chi connectivity index (χ0) is 12.3. The molecule has 0 radical (unpaired) electrons. The van der Waals surface area contributed by atoms with Crippen molar-refractivity contribution in [3.63, 3.8) is 0 Å². The predicted octanol–water partition coefficient (Wildman–Crippen LogP) is 1.20. The van der Waals surface area contributed by atoms with Gasteiger partial charge in [0.2, 0.25) is 0 Å². The van der Waals surface area contributed by atoms with Crippen molar-refractivity contribution in [3.8, 4) is 0 Å². The highest BCUT2D eigenvalue weighted by atomic mass is 16.2. The van der Waals surface area contributed by atoms with Crippen LogP contribution in [0.5, 0.6) is 0 Å². The van der Waals surface area contributed by atoms with Gasteiger partial charge in [-0.3, -0.25) is 5.10 Å². The van der Waals surface area contributed by atoms with Gasteiger partial charge in [-0.2, -0.15) is 5.10 Å². The highest BCUT2D eigenvalue weighted by molar-refractivity contribution is 5.74. The van der Waals surface area contributed by atoms with Crippen LogP contribution in [0.1, 0.15) is 37.3 Å². The van der Waals surface area contributed by atoms with E-state index in [0.717, 1.165) is 18.7 Å². The molecule has 1 saturated carbocycles. The van der Waals surface area contributed by atoms with Crippen LogP contribution in [0, 0.1) is 6.92 Å². The van der Waals surface area contributed by atoms with Crippen LogP contribution in [0.4, 0.5) is 4.79 Å². The fourth-order valence-corrected chi connectivity index (χ4v) is 2.10. The number of aryl methyl sites for hydroxylation is 1. The van der Waals surface area contributed by atoms with Crippen molar-refractivity contribution in [3.05, 3.63) is 11.6 Å². The summed E-state index contributed by atoms with van der Waals surface area (Å²) < 4.78 is 0. The van der Waals surface area contributed by atoms with Gasteiger partial charge in [-0.15, -0.1) is 0 Å². The van der Waals surface area contributed by atoms with Crippen molar-refractivity contribution in [1.82, 2.24) is 25.4 Å². The van der Waals surface area contributed by atoms with E-state index in [2.05, 4.69) is 20.5 Å². The smallest absolute Gasteiger partial charge is 0.317 e.